The van der Waals surface area contributed by atoms with E-state index < -0.39 is 0 Å². The predicted octanol–water partition coefficient (Wildman–Crippen LogP) is 3.59. The smallest absolute Gasteiger partial charge is 0.255 e. The van der Waals surface area contributed by atoms with Crippen molar-refractivity contribution in [1.82, 2.24) is 14.8 Å². The highest BCUT2D eigenvalue weighted by Crippen LogP contribution is 2.20. The van der Waals surface area contributed by atoms with Gasteiger partial charge < -0.3 is 19.9 Å². The molecule has 2 amide bonds. The number of benzene rings is 2. The van der Waals surface area contributed by atoms with E-state index in [0.29, 0.717) is 34.5 Å². The van der Waals surface area contributed by atoms with Crippen LogP contribution in [-0.4, -0.2) is 38.9 Å². The van der Waals surface area contributed by atoms with Gasteiger partial charge in [-0.1, -0.05) is 30.8 Å². The molecule has 3 aromatic rings. The van der Waals surface area contributed by atoms with Gasteiger partial charge in [0, 0.05) is 30.1 Å². The van der Waals surface area contributed by atoms with Crippen molar-refractivity contribution in [2.75, 3.05) is 23.0 Å². The number of carbonyl (C=O) groups excluding carboxylic acids is 2. The number of anilines is 2. The van der Waals surface area contributed by atoms with E-state index in [-0.39, 0.29) is 17.6 Å². The first-order valence-electron chi connectivity index (χ1n) is 9.46. The average Bonchev–Trinajstić information content (AvgIpc) is 3.16. The summed E-state index contributed by atoms with van der Waals surface area (Å²) in [4.78, 5) is 24.8. The number of thioether (sulfide) groups is 1. The molecule has 8 nitrogen and oxygen atoms in total. The Labute approximate surface area is 179 Å². The molecule has 0 spiro atoms. The van der Waals surface area contributed by atoms with Crippen molar-refractivity contribution in [2.45, 2.75) is 18.5 Å². The monoisotopic (exact) mass is 425 g/mol. The molecule has 2 aromatic carbocycles. The Balaban J connectivity index is 1.58. The average molecular weight is 426 g/mol. The van der Waals surface area contributed by atoms with E-state index >= 15 is 0 Å². The number of amides is 2. The van der Waals surface area contributed by atoms with Crippen LogP contribution in [0.4, 0.5) is 11.4 Å². The lowest BCUT2D eigenvalue weighted by molar-refractivity contribution is -0.113. The van der Waals surface area contributed by atoms with Gasteiger partial charge in [0.05, 0.1) is 12.4 Å². The Morgan fingerprint density at radius 1 is 1.10 bits per heavy atom. The van der Waals surface area contributed by atoms with Crippen LogP contribution in [0.2, 0.25) is 0 Å². The molecule has 1 aromatic heterocycles. The van der Waals surface area contributed by atoms with Gasteiger partial charge in [-0.3, -0.25) is 9.59 Å². The van der Waals surface area contributed by atoms with E-state index in [9.17, 15) is 9.59 Å². The molecular formula is C21H23N5O3S. The lowest BCUT2D eigenvalue weighted by Gasteiger charge is -2.10. The van der Waals surface area contributed by atoms with Crippen LogP contribution in [0, 0.1) is 0 Å². The van der Waals surface area contributed by atoms with Crippen molar-refractivity contribution in [3.63, 3.8) is 0 Å². The van der Waals surface area contributed by atoms with Crippen molar-refractivity contribution in [3.8, 4) is 5.75 Å². The zero-order valence-corrected chi connectivity index (χ0v) is 17.6. The maximum absolute atomic E-state index is 12.6. The van der Waals surface area contributed by atoms with Gasteiger partial charge in [-0.15, -0.1) is 10.2 Å². The number of nitrogens with one attached hydrogen (secondary N) is 2. The number of nitrogens with zero attached hydrogens (tertiary/aromatic N) is 3. The summed E-state index contributed by atoms with van der Waals surface area (Å²) in [5.41, 5.74) is 1.63. The van der Waals surface area contributed by atoms with Gasteiger partial charge in [0.1, 0.15) is 12.1 Å². The minimum absolute atomic E-state index is 0.188. The summed E-state index contributed by atoms with van der Waals surface area (Å²) in [6.45, 7) is 2.65. The SMILES string of the molecule is CCCOc1cccc(NC(=O)c2cccc(NC(=O)CSc3nncn3C)c2)c1. The highest BCUT2D eigenvalue weighted by Gasteiger charge is 2.10. The summed E-state index contributed by atoms with van der Waals surface area (Å²) in [7, 11) is 1.81. The zero-order valence-electron chi connectivity index (χ0n) is 16.8. The van der Waals surface area contributed by atoms with E-state index in [1.807, 2.05) is 26.1 Å². The number of aryl methyl sites for hydroxylation is 1. The van der Waals surface area contributed by atoms with Crippen LogP contribution < -0.4 is 15.4 Å². The second kappa shape index (κ2) is 10.4. The second-order valence-electron chi connectivity index (χ2n) is 6.47. The van der Waals surface area contributed by atoms with Crippen molar-refractivity contribution in [1.29, 1.82) is 0 Å². The maximum atomic E-state index is 12.6. The summed E-state index contributed by atoms with van der Waals surface area (Å²) >= 11 is 1.29. The molecule has 0 saturated heterocycles. The summed E-state index contributed by atoms with van der Waals surface area (Å²) in [6.07, 6.45) is 2.49. The normalized spacial score (nSPS) is 10.5. The molecule has 0 aliphatic rings. The third kappa shape index (κ3) is 6.08. The van der Waals surface area contributed by atoms with Crippen molar-refractivity contribution >= 4 is 35.0 Å². The Kier molecular flexibility index (Phi) is 7.45. The fraction of sp³-hybridized carbons (Fsp3) is 0.238. The molecule has 0 unspecified atom stereocenters. The third-order valence-corrected chi connectivity index (χ3v) is 5.01. The molecule has 156 valence electrons. The summed E-state index contributed by atoms with van der Waals surface area (Å²) < 4.78 is 7.33. The van der Waals surface area contributed by atoms with Crippen LogP contribution >= 0.6 is 11.8 Å². The Morgan fingerprint density at radius 2 is 1.87 bits per heavy atom. The number of hydrogen-bond acceptors (Lipinski definition) is 6. The van der Waals surface area contributed by atoms with Crippen molar-refractivity contribution < 1.29 is 14.3 Å². The lowest BCUT2D eigenvalue weighted by atomic mass is 10.2. The van der Waals surface area contributed by atoms with Crippen LogP contribution in [0.3, 0.4) is 0 Å². The Hall–Kier alpha value is -3.33. The standard InChI is InChI=1S/C21H23N5O3S/c1-3-10-29-18-9-5-8-17(12-18)24-20(28)15-6-4-7-16(11-15)23-19(27)13-30-21-25-22-14-26(21)2/h4-9,11-12,14H,3,10,13H2,1-2H3,(H,23,27)(H,24,28). The molecule has 0 aliphatic carbocycles. The highest BCUT2D eigenvalue weighted by atomic mass is 32.2. The third-order valence-electron chi connectivity index (χ3n) is 3.98. The molecule has 9 heteroatoms. The largest absolute Gasteiger partial charge is 0.494 e. The summed E-state index contributed by atoms with van der Waals surface area (Å²) in [5.74, 6) is 0.428. The first kappa shape index (κ1) is 21.4. The van der Waals surface area contributed by atoms with Crippen molar-refractivity contribution in [2.24, 2.45) is 7.05 Å². The maximum Gasteiger partial charge on any atom is 0.255 e. The number of carbonyl (C=O) groups is 2. The predicted molar refractivity (Wildman–Crippen MR) is 117 cm³/mol. The first-order chi connectivity index (χ1) is 14.5. The van der Waals surface area contributed by atoms with E-state index in [4.69, 9.17) is 4.74 Å². The van der Waals surface area contributed by atoms with Gasteiger partial charge in [0.15, 0.2) is 5.16 Å². The molecule has 2 N–H and O–H groups in total. The van der Waals surface area contributed by atoms with E-state index in [1.165, 1.54) is 11.8 Å². The topological polar surface area (TPSA) is 98.1 Å². The van der Waals surface area contributed by atoms with Crippen molar-refractivity contribution in [3.05, 3.63) is 60.4 Å². The molecule has 0 atom stereocenters. The van der Waals surface area contributed by atoms with Gasteiger partial charge in [-0.05, 0) is 36.8 Å². The van der Waals surface area contributed by atoms with Gasteiger partial charge in [0.25, 0.3) is 5.91 Å². The number of ether oxygens (including phenoxy) is 1. The molecule has 0 bridgehead atoms. The highest BCUT2D eigenvalue weighted by molar-refractivity contribution is 7.99. The van der Waals surface area contributed by atoms with Crippen LogP contribution in [0.25, 0.3) is 0 Å². The second-order valence-corrected chi connectivity index (χ2v) is 7.41. The summed E-state index contributed by atoms with van der Waals surface area (Å²) in [5, 5.41) is 14.0. The Bertz CT molecular complexity index is 1020. The Morgan fingerprint density at radius 3 is 2.60 bits per heavy atom. The quantitative estimate of drug-likeness (QED) is 0.509. The molecule has 0 aliphatic heterocycles. The molecule has 30 heavy (non-hydrogen) atoms. The minimum Gasteiger partial charge on any atom is -0.494 e. The van der Waals surface area contributed by atoms with E-state index in [1.54, 1.807) is 47.3 Å². The molecular weight excluding hydrogens is 402 g/mol. The minimum atomic E-state index is -0.271. The fourth-order valence-electron chi connectivity index (χ4n) is 2.56. The van der Waals surface area contributed by atoms with Crippen LogP contribution in [0.1, 0.15) is 23.7 Å². The summed E-state index contributed by atoms with van der Waals surface area (Å²) in [6, 6.07) is 14.0. The van der Waals surface area contributed by atoms with Crippen LogP contribution in [-0.2, 0) is 11.8 Å². The fourth-order valence-corrected chi connectivity index (χ4v) is 3.24. The molecule has 1 heterocycles. The van der Waals surface area contributed by atoms with Crippen LogP contribution in [0.15, 0.2) is 60.0 Å². The van der Waals surface area contributed by atoms with Gasteiger partial charge in [-0.2, -0.15) is 0 Å². The number of rotatable bonds is 9. The number of hydrogen-bond donors (Lipinski definition) is 2. The van der Waals surface area contributed by atoms with E-state index in [0.717, 1.165) is 6.42 Å². The van der Waals surface area contributed by atoms with Gasteiger partial charge in [0.2, 0.25) is 5.91 Å². The van der Waals surface area contributed by atoms with E-state index in [2.05, 4.69) is 20.8 Å². The molecule has 0 fully saturated rings. The van der Waals surface area contributed by atoms with Gasteiger partial charge >= 0.3 is 0 Å². The molecule has 0 radical (unpaired) electrons. The molecule has 0 saturated carbocycles. The first-order valence-corrected chi connectivity index (χ1v) is 10.4. The van der Waals surface area contributed by atoms with Crippen LogP contribution in [0.5, 0.6) is 5.75 Å². The molecule has 3 rings (SSSR count). The van der Waals surface area contributed by atoms with Gasteiger partial charge in [-0.25, -0.2) is 0 Å². The zero-order chi connectivity index (χ0) is 21.3. The number of aromatic nitrogens is 3. The lowest BCUT2D eigenvalue weighted by Crippen LogP contribution is -2.16.